The Morgan fingerprint density at radius 1 is 1.00 bits per heavy atom. The molecule has 0 heterocycles. The number of carbonyl (C=O) groups excluding carboxylic acids is 3. The van der Waals surface area contributed by atoms with E-state index in [4.69, 9.17) is 11.6 Å². The van der Waals surface area contributed by atoms with Crippen molar-refractivity contribution >= 4 is 40.7 Å². The van der Waals surface area contributed by atoms with Gasteiger partial charge >= 0.3 is 6.18 Å². The van der Waals surface area contributed by atoms with E-state index in [2.05, 4.69) is 16.0 Å². The fraction of sp³-hybridized carbons (Fsp3) is 0.286. The van der Waals surface area contributed by atoms with Gasteiger partial charge in [-0.05, 0) is 36.2 Å². The summed E-state index contributed by atoms with van der Waals surface area (Å²) in [5.74, 6) is -2.42. The molecule has 6 nitrogen and oxygen atoms in total. The van der Waals surface area contributed by atoms with Crippen molar-refractivity contribution < 1.29 is 27.6 Å². The summed E-state index contributed by atoms with van der Waals surface area (Å²) in [7, 11) is 0. The number of hydrogen-bond acceptors (Lipinski definition) is 3. The van der Waals surface area contributed by atoms with Crippen LogP contribution in [0.1, 0.15) is 36.7 Å². The van der Waals surface area contributed by atoms with Gasteiger partial charge in [0.25, 0.3) is 5.91 Å². The molecule has 2 aromatic rings. The Hall–Kier alpha value is -3.07. The van der Waals surface area contributed by atoms with E-state index in [-0.39, 0.29) is 16.3 Å². The van der Waals surface area contributed by atoms with Gasteiger partial charge in [-0.2, -0.15) is 13.2 Å². The topological polar surface area (TPSA) is 87.3 Å². The molecule has 0 aliphatic carbocycles. The van der Waals surface area contributed by atoms with Gasteiger partial charge < -0.3 is 16.0 Å². The molecule has 2 rings (SSSR count). The molecule has 0 saturated heterocycles. The predicted octanol–water partition coefficient (Wildman–Crippen LogP) is 4.71. The Balaban J connectivity index is 2.29. The molecule has 3 amide bonds. The first-order valence-corrected chi connectivity index (χ1v) is 9.63. The summed E-state index contributed by atoms with van der Waals surface area (Å²) in [6.45, 7) is 4.45. The molecule has 0 aliphatic heterocycles. The highest BCUT2D eigenvalue weighted by Gasteiger charge is 2.35. The van der Waals surface area contributed by atoms with E-state index >= 15 is 0 Å². The maximum absolute atomic E-state index is 13.5. The number of hydrogen-bond donors (Lipinski definition) is 3. The van der Waals surface area contributed by atoms with Crippen LogP contribution in [-0.4, -0.2) is 23.8 Å². The van der Waals surface area contributed by atoms with Crippen molar-refractivity contribution in [2.45, 2.75) is 33.0 Å². The molecule has 166 valence electrons. The van der Waals surface area contributed by atoms with Gasteiger partial charge in [0.15, 0.2) is 0 Å². The van der Waals surface area contributed by atoms with Crippen LogP contribution >= 0.6 is 11.6 Å². The van der Waals surface area contributed by atoms with Crippen molar-refractivity contribution in [3.05, 3.63) is 58.6 Å². The van der Waals surface area contributed by atoms with Crippen LogP contribution in [-0.2, 0) is 15.8 Å². The van der Waals surface area contributed by atoms with Gasteiger partial charge in [0.1, 0.15) is 6.04 Å². The van der Waals surface area contributed by atoms with Crippen molar-refractivity contribution in [1.29, 1.82) is 0 Å². The molecule has 0 aliphatic rings. The fourth-order valence-electron chi connectivity index (χ4n) is 2.78. The summed E-state index contributed by atoms with van der Waals surface area (Å²) in [5.41, 5.74) is -1.56. The van der Waals surface area contributed by atoms with Gasteiger partial charge in [-0.3, -0.25) is 14.4 Å². The molecule has 31 heavy (non-hydrogen) atoms. The molecule has 0 aromatic heterocycles. The number of alkyl halides is 3. The monoisotopic (exact) mass is 455 g/mol. The van der Waals surface area contributed by atoms with Gasteiger partial charge in [0, 0.05) is 12.6 Å². The zero-order valence-electron chi connectivity index (χ0n) is 16.9. The van der Waals surface area contributed by atoms with Gasteiger partial charge in [-0.15, -0.1) is 0 Å². The first kappa shape index (κ1) is 24.2. The SMILES string of the molecule is CC(=O)Nc1ccc(NC(=O)C(NC(=O)c2ccccc2Cl)C(C)C)c(C(F)(F)F)c1. The second-order valence-corrected chi connectivity index (χ2v) is 7.51. The van der Waals surface area contributed by atoms with Crippen LogP contribution in [0.3, 0.4) is 0 Å². The Labute approximate surface area is 182 Å². The minimum Gasteiger partial charge on any atom is -0.340 e. The maximum atomic E-state index is 13.5. The van der Waals surface area contributed by atoms with Crippen molar-refractivity contribution in [3.63, 3.8) is 0 Å². The van der Waals surface area contributed by atoms with Gasteiger partial charge in [-0.25, -0.2) is 0 Å². The highest BCUT2D eigenvalue weighted by atomic mass is 35.5. The van der Waals surface area contributed by atoms with Gasteiger partial charge in [0.05, 0.1) is 21.8 Å². The lowest BCUT2D eigenvalue weighted by atomic mass is 10.0. The highest BCUT2D eigenvalue weighted by Crippen LogP contribution is 2.36. The van der Waals surface area contributed by atoms with Crippen LogP contribution < -0.4 is 16.0 Å². The summed E-state index contributed by atoms with van der Waals surface area (Å²) >= 11 is 6.00. The molecule has 1 atom stereocenters. The maximum Gasteiger partial charge on any atom is 0.418 e. The van der Waals surface area contributed by atoms with E-state index in [0.29, 0.717) is 0 Å². The van der Waals surface area contributed by atoms with Gasteiger partial charge in [0.2, 0.25) is 11.8 Å². The quantitative estimate of drug-likeness (QED) is 0.589. The van der Waals surface area contributed by atoms with Crippen molar-refractivity contribution in [2.75, 3.05) is 10.6 Å². The zero-order valence-corrected chi connectivity index (χ0v) is 17.7. The summed E-state index contributed by atoms with van der Waals surface area (Å²) < 4.78 is 40.5. The third-order valence-electron chi connectivity index (χ3n) is 4.26. The highest BCUT2D eigenvalue weighted by molar-refractivity contribution is 6.33. The fourth-order valence-corrected chi connectivity index (χ4v) is 3.00. The van der Waals surface area contributed by atoms with E-state index in [0.717, 1.165) is 19.1 Å². The smallest absolute Gasteiger partial charge is 0.340 e. The lowest BCUT2D eigenvalue weighted by molar-refractivity contribution is -0.137. The average Bonchev–Trinajstić information content (AvgIpc) is 2.65. The van der Waals surface area contributed by atoms with E-state index < -0.39 is 47.1 Å². The third-order valence-corrected chi connectivity index (χ3v) is 4.59. The van der Waals surface area contributed by atoms with Crippen LogP contribution in [0.4, 0.5) is 24.5 Å². The first-order valence-electron chi connectivity index (χ1n) is 9.25. The first-order chi connectivity index (χ1) is 14.4. The van der Waals surface area contributed by atoms with Crippen molar-refractivity contribution in [2.24, 2.45) is 5.92 Å². The molecule has 0 bridgehead atoms. The van der Waals surface area contributed by atoms with Crippen molar-refractivity contribution in [1.82, 2.24) is 5.32 Å². The second kappa shape index (κ2) is 9.82. The zero-order chi connectivity index (χ0) is 23.3. The van der Waals surface area contributed by atoms with E-state index in [9.17, 15) is 27.6 Å². The normalized spacial score (nSPS) is 12.3. The molecular weight excluding hydrogens is 435 g/mol. The molecule has 0 saturated carbocycles. The number of halogens is 4. The minimum absolute atomic E-state index is 0.0646. The molecule has 1 unspecified atom stereocenters. The van der Waals surface area contributed by atoms with E-state index in [1.165, 1.54) is 18.2 Å². The molecule has 2 aromatic carbocycles. The Kier molecular flexibility index (Phi) is 7.67. The van der Waals surface area contributed by atoms with E-state index in [1.54, 1.807) is 26.0 Å². The van der Waals surface area contributed by atoms with Crippen LogP contribution in [0.5, 0.6) is 0 Å². The second-order valence-electron chi connectivity index (χ2n) is 7.10. The molecule has 0 spiro atoms. The van der Waals surface area contributed by atoms with E-state index in [1.807, 2.05) is 0 Å². The number of carbonyl (C=O) groups is 3. The molecule has 3 N–H and O–H groups in total. The largest absolute Gasteiger partial charge is 0.418 e. The summed E-state index contributed by atoms with van der Waals surface area (Å²) in [5, 5.41) is 7.19. The van der Waals surface area contributed by atoms with Crippen LogP contribution in [0.2, 0.25) is 5.02 Å². The van der Waals surface area contributed by atoms with Crippen LogP contribution in [0.15, 0.2) is 42.5 Å². The molecule has 0 radical (unpaired) electrons. The van der Waals surface area contributed by atoms with Crippen LogP contribution in [0.25, 0.3) is 0 Å². The average molecular weight is 456 g/mol. The predicted molar refractivity (Wildman–Crippen MR) is 112 cm³/mol. The lowest BCUT2D eigenvalue weighted by Gasteiger charge is -2.23. The summed E-state index contributed by atoms with van der Waals surface area (Å²) in [6, 6.07) is 8.08. The Bertz CT molecular complexity index is 993. The third kappa shape index (κ3) is 6.45. The van der Waals surface area contributed by atoms with Gasteiger partial charge in [-0.1, -0.05) is 37.6 Å². The standard InChI is InChI=1S/C21H21ClF3N3O3/c1-11(2)18(28-19(30)14-6-4-5-7-16(14)22)20(31)27-17-9-8-13(26-12(3)29)10-15(17)21(23,24)25/h4-11,18H,1-3H3,(H,26,29)(H,27,31)(H,28,30). The number of benzene rings is 2. The molecular formula is C21H21ClF3N3O3. The Morgan fingerprint density at radius 3 is 2.19 bits per heavy atom. The number of rotatable bonds is 6. The lowest BCUT2D eigenvalue weighted by Crippen LogP contribution is -2.47. The summed E-state index contributed by atoms with van der Waals surface area (Å²) in [4.78, 5) is 36.4. The minimum atomic E-state index is -4.79. The Morgan fingerprint density at radius 2 is 1.65 bits per heavy atom. The van der Waals surface area contributed by atoms with Crippen molar-refractivity contribution in [3.8, 4) is 0 Å². The summed E-state index contributed by atoms with van der Waals surface area (Å²) in [6.07, 6.45) is -4.79. The van der Waals surface area contributed by atoms with Crippen LogP contribution in [0, 0.1) is 5.92 Å². The number of amides is 3. The number of anilines is 2. The number of nitrogens with one attached hydrogen (secondary N) is 3. The molecule has 10 heteroatoms. The molecule has 0 fully saturated rings.